The first-order chi connectivity index (χ1) is 41.7. The molecule has 3 heterocycles. The number of anilines is 1. The Labute approximate surface area is 507 Å². The van der Waals surface area contributed by atoms with E-state index >= 15 is 4.79 Å². The summed E-state index contributed by atoms with van der Waals surface area (Å²) in [6, 6.07) is 4.43. The van der Waals surface area contributed by atoms with Crippen molar-refractivity contribution in [1.82, 2.24) is 57.1 Å². The predicted octanol–water partition coefficient (Wildman–Crippen LogP) is -0.182. The third-order valence-corrected chi connectivity index (χ3v) is 14.6. The molecule has 9 amide bonds. The fourth-order valence-electron chi connectivity index (χ4n) is 9.63. The number of benzene rings is 2. The number of aryl methyl sites for hydroxylation is 1. The monoisotopic (exact) mass is 1220 g/mol. The normalized spacial score (nSPS) is 15.5. The van der Waals surface area contributed by atoms with Crippen LogP contribution in [0.15, 0.2) is 84.4 Å². The molecule has 1 aliphatic heterocycles. The summed E-state index contributed by atoms with van der Waals surface area (Å²) in [5, 5.41) is 51.3. The number of aliphatic carboxylic acids is 2. The number of carbonyl (C=O) groups is 11. The average molecular weight is 1220 g/mol. The van der Waals surface area contributed by atoms with Crippen molar-refractivity contribution in [1.29, 1.82) is 0 Å². The zero-order valence-corrected chi connectivity index (χ0v) is 49.8. The number of rotatable bonds is 32. The summed E-state index contributed by atoms with van der Waals surface area (Å²) in [6.07, 6.45) is 3.48. The molecule has 0 saturated carbocycles. The fourth-order valence-corrected chi connectivity index (χ4v) is 9.63. The number of hydrogen-bond acceptors (Lipinski definition) is 15. The van der Waals surface area contributed by atoms with Gasteiger partial charge in [-0.25, -0.2) is 9.78 Å². The highest BCUT2D eigenvalue weighted by molar-refractivity contribution is 6.05. The van der Waals surface area contributed by atoms with Gasteiger partial charge >= 0.3 is 11.9 Å². The number of nitrogens with one attached hydrogen (secondary N) is 9. The number of carboxylic acid groups (broad SMARTS) is 2. The van der Waals surface area contributed by atoms with E-state index in [4.69, 9.17) is 11.5 Å². The van der Waals surface area contributed by atoms with Gasteiger partial charge in [-0.05, 0) is 79.8 Å². The Bertz CT molecular complexity index is 3120. The van der Waals surface area contributed by atoms with E-state index in [1.807, 2.05) is 0 Å². The summed E-state index contributed by atoms with van der Waals surface area (Å²) < 4.78 is 0. The summed E-state index contributed by atoms with van der Waals surface area (Å²) in [5.41, 5.74) is 13.0. The molecule has 9 atom stereocenters. The first-order valence-electron chi connectivity index (χ1n) is 28.7. The number of carboxylic acids is 2. The molecule has 2 aromatic heterocycles. The lowest BCUT2D eigenvalue weighted by molar-refractivity contribution is -0.145. The van der Waals surface area contributed by atoms with E-state index in [1.165, 1.54) is 47.9 Å². The average Bonchev–Trinajstić information content (AvgIpc) is 4.41. The second-order valence-electron chi connectivity index (χ2n) is 21.8. The molecular formula is C59H79N15O14. The number of carbonyl (C=O) groups excluding carboxylic acids is 9. The molecule has 16 N–H and O–H groups in total. The Hall–Kier alpha value is -9.96. The Morgan fingerprint density at radius 3 is 1.99 bits per heavy atom. The van der Waals surface area contributed by atoms with Crippen LogP contribution in [0.1, 0.15) is 106 Å². The number of imidazole rings is 1. The van der Waals surface area contributed by atoms with Crippen LogP contribution in [0, 0.1) is 18.8 Å². The highest BCUT2D eigenvalue weighted by atomic mass is 16.4. The van der Waals surface area contributed by atoms with E-state index in [1.54, 1.807) is 71.0 Å². The van der Waals surface area contributed by atoms with Crippen molar-refractivity contribution in [3.63, 3.8) is 0 Å². The van der Waals surface area contributed by atoms with Crippen LogP contribution in [0.3, 0.4) is 0 Å². The number of likely N-dealkylation sites (tertiary alicyclic amines) is 1. The number of guanidine groups is 1. The molecule has 4 aromatic rings. The number of aromatic hydroxyl groups is 1. The zero-order chi connectivity index (χ0) is 64.8. The van der Waals surface area contributed by atoms with E-state index in [2.05, 4.69) is 62.5 Å². The maximum absolute atomic E-state index is 15.0. The number of phenolic OH excluding ortho intramolecular Hbond substituents is 1. The Kier molecular flexibility index (Phi) is 25.9. The maximum Gasteiger partial charge on any atom is 0.326 e. The molecule has 5 rings (SSSR count). The first-order valence-corrected chi connectivity index (χ1v) is 28.7. The number of nitrogens with zero attached hydrogens (tertiary/aromatic N) is 4. The van der Waals surface area contributed by atoms with Crippen molar-refractivity contribution in [2.75, 3.05) is 18.4 Å². The van der Waals surface area contributed by atoms with Crippen LogP contribution >= 0.6 is 0 Å². The van der Waals surface area contributed by atoms with Crippen LogP contribution in [0.2, 0.25) is 0 Å². The van der Waals surface area contributed by atoms with Gasteiger partial charge in [0.1, 0.15) is 54.1 Å². The van der Waals surface area contributed by atoms with Crippen LogP contribution in [0.4, 0.5) is 5.69 Å². The molecule has 0 unspecified atom stereocenters. The van der Waals surface area contributed by atoms with E-state index in [0.717, 1.165) is 6.92 Å². The van der Waals surface area contributed by atoms with Crippen LogP contribution in [-0.2, 0) is 67.2 Å². The van der Waals surface area contributed by atoms with Crippen molar-refractivity contribution >= 4 is 76.8 Å². The highest BCUT2D eigenvalue weighted by Gasteiger charge is 2.41. The first kappa shape index (κ1) is 68.8. The van der Waals surface area contributed by atoms with Gasteiger partial charge in [0, 0.05) is 63.1 Å². The molecule has 474 valence electrons. The van der Waals surface area contributed by atoms with Gasteiger partial charge in [-0.2, -0.15) is 0 Å². The van der Waals surface area contributed by atoms with E-state index in [0.29, 0.717) is 23.4 Å². The standard InChI is InChI=1S/C59H79N15O14/c1-7-32(4)49(56(85)70-43(26-38-29-62-30-65-38)57(86)74-22-12-16-45(74)54(83)71-44(58(87)88)23-35-13-9-8-10-14-35)73-53(82)41(25-36-18-20-46(76)40(24-36)68-50(79)37-19-17-33(5)64-28-37)69-55(84)48(31(2)3)72-51(80)39(15-11-21-63-59(60)61)67-52(81)42(27-47(77)78)66-34(6)75/h8-10,13-14,17-20,24,28-32,39,41-45,48-49,76H,7,11-12,15-16,21-23,25-27H2,1-6H3,(H,62,65)(H,66,75)(H,67,81)(H,68,79)(H,69,84)(H,70,85)(H,71,83)(H,72,80)(H,73,82)(H,77,78)(H,87,88)(H4,60,61,63)/t32-,39-,41-,42-,43-,44-,45-,48-,49-/m0/s1. The van der Waals surface area contributed by atoms with Gasteiger partial charge in [0.05, 0.1) is 24.0 Å². The molecule has 1 aliphatic rings. The Morgan fingerprint density at radius 1 is 0.727 bits per heavy atom. The lowest BCUT2D eigenvalue weighted by Gasteiger charge is -2.32. The third kappa shape index (κ3) is 20.9. The van der Waals surface area contributed by atoms with E-state index in [9.17, 15) is 63.3 Å². The minimum Gasteiger partial charge on any atom is -0.506 e. The van der Waals surface area contributed by atoms with Crippen molar-refractivity contribution in [3.8, 4) is 5.75 Å². The highest BCUT2D eigenvalue weighted by Crippen LogP contribution is 2.27. The number of phenols is 1. The number of aromatic amines is 1. The molecule has 0 spiro atoms. The summed E-state index contributed by atoms with van der Waals surface area (Å²) in [6.45, 7) is 9.43. The van der Waals surface area contributed by atoms with Crippen molar-refractivity contribution in [2.24, 2.45) is 28.3 Å². The zero-order valence-electron chi connectivity index (χ0n) is 49.8. The second-order valence-corrected chi connectivity index (χ2v) is 21.8. The van der Waals surface area contributed by atoms with Crippen molar-refractivity contribution < 1.29 is 68.1 Å². The predicted molar refractivity (Wildman–Crippen MR) is 319 cm³/mol. The van der Waals surface area contributed by atoms with Crippen molar-refractivity contribution in [2.45, 2.75) is 148 Å². The topological polar surface area (TPSA) is 454 Å². The van der Waals surface area contributed by atoms with Crippen molar-refractivity contribution in [3.05, 3.63) is 107 Å². The lowest BCUT2D eigenvalue weighted by atomic mass is 9.96. The molecule has 0 radical (unpaired) electrons. The van der Waals surface area contributed by atoms with Crippen LogP contribution < -0.4 is 54.0 Å². The molecule has 1 fully saturated rings. The quantitative estimate of drug-likeness (QED) is 0.0130. The summed E-state index contributed by atoms with van der Waals surface area (Å²) in [4.78, 5) is 167. The fraction of sp³-hybridized carbons (Fsp3) is 0.458. The van der Waals surface area contributed by atoms with Crippen LogP contribution in [-0.4, -0.2) is 168 Å². The number of hydrogen-bond donors (Lipinski definition) is 14. The Morgan fingerprint density at radius 2 is 1.38 bits per heavy atom. The van der Waals surface area contributed by atoms with E-state index in [-0.39, 0.29) is 86.6 Å². The summed E-state index contributed by atoms with van der Waals surface area (Å²) in [5.74, 6) is -12.2. The number of aromatic nitrogens is 3. The third-order valence-electron chi connectivity index (χ3n) is 14.6. The van der Waals surface area contributed by atoms with Gasteiger partial charge < -0.3 is 79.2 Å². The summed E-state index contributed by atoms with van der Waals surface area (Å²) >= 11 is 0. The lowest BCUT2D eigenvalue weighted by Crippen LogP contribution is -2.62. The minimum atomic E-state index is -1.62. The minimum absolute atomic E-state index is 0.0100. The SMILES string of the molecule is CC[C@H](C)[C@H](NC(=O)[C@H](Cc1ccc(O)c(NC(=O)c2ccc(C)nc2)c1)NC(=O)[C@@H](NC(=O)[C@H](CCCN=C(N)N)NC(=O)[C@H](CC(=O)O)NC(C)=O)C(C)C)C(=O)N[C@@H](Cc1cnc[nH]1)C(=O)N1CCC[C@H]1C(=O)N[C@@H](Cc1ccccc1)C(=O)O. The molecule has 0 aliphatic carbocycles. The Balaban J connectivity index is 1.47. The molecular weight excluding hydrogens is 1140 g/mol. The maximum atomic E-state index is 15.0. The number of amides is 9. The number of pyridine rings is 1. The van der Waals surface area contributed by atoms with Gasteiger partial charge in [0.15, 0.2) is 5.96 Å². The molecule has 1 saturated heterocycles. The van der Waals surface area contributed by atoms with Gasteiger partial charge in [-0.15, -0.1) is 0 Å². The molecule has 88 heavy (non-hydrogen) atoms. The number of nitrogens with two attached hydrogens (primary N) is 2. The van der Waals surface area contributed by atoms with E-state index < -0.39 is 132 Å². The largest absolute Gasteiger partial charge is 0.506 e. The van der Waals surface area contributed by atoms with Gasteiger partial charge in [0.2, 0.25) is 47.3 Å². The van der Waals surface area contributed by atoms with Gasteiger partial charge in [0.25, 0.3) is 5.91 Å². The molecule has 29 heteroatoms. The molecule has 2 aromatic carbocycles. The van der Waals surface area contributed by atoms with Crippen LogP contribution in [0.5, 0.6) is 5.75 Å². The van der Waals surface area contributed by atoms with Gasteiger partial charge in [-0.1, -0.05) is 70.5 Å². The number of aliphatic imine (C=N–C) groups is 1. The smallest absolute Gasteiger partial charge is 0.326 e. The molecule has 0 bridgehead atoms. The summed E-state index contributed by atoms with van der Waals surface area (Å²) in [7, 11) is 0. The van der Waals surface area contributed by atoms with Gasteiger partial charge in [-0.3, -0.25) is 57.9 Å². The van der Waals surface area contributed by atoms with Crippen LogP contribution in [0.25, 0.3) is 0 Å². The second kappa shape index (κ2) is 33.1. The number of H-pyrrole nitrogens is 1. The molecule has 29 nitrogen and oxygen atoms in total.